The minimum Gasteiger partial charge on any atom is -0.489 e. The SMILES string of the molecule is CC#C[C@@H](CC(=O)O)c1ccc(OCc2cc(-c3ccc(S(N)=O)cc3C)cn3ncnc23)cc1. The van der Waals surface area contributed by atoms with Crippen molar-refractivity contribution in [1.82, 2.24) is 14.6 Å². The number of pyridine rings is 1. The van der Waals surface area contributed by atoms with Gasteiger partial charge in [0.05, 0.1) is 17.2 Å². The summed E-state index contributed by atoms with van der Waals surface area (Å²) in [7, 11) is -1.54. The van der Waals surface area contributed by atoms with Crippen LogP contribution >= 0.6 is 0 Å². The second-order valence-corrected chi connectivity index (χ2v) is 9.03. The van der Waals surface area contributed by atoms with E-state index in [1.807, 2.05) is 55.6 Å². The number of aliphatic carboxylic acids is 1. The lowest BCUT2D eigenvalue weighted by atomic mass is 9.96. The lowest BCUT2D eigenvalue weighted by molar-refractivity contribution is -0.137. The maximum atomic E-state index is 11.6. The van der Waals surface area contributed by atoms with Crippen LogP contribution < -0.4 is 9.88 Å². The molecule has 0 amide bonds. The van der Waals surface area contributed by atoms with E-state index in [0.29, 0.717) is 16.3 Å². The number of benzene rings is 2. The van der Waals surface area contributed by atoms with E-state index in [1.54, 1.807) is 17.5 Å². The fourth-order valence-corrected chi connectivity index (χ4v) is 4.39. The van der Waals surface area contributed by atoms with E-state index in [-0.39, 0.29) is 18.9 Å². The number of carboxylic acid groups (broad SMARTS) is 1. The van der Waals surface area contributed by atoms with Crippen LogP contribution in [0.4, 0.5) is 0 Å². The number of carbonyl (C=O) groups is 1. The van der Waals surface area contributed by atoms with Gasteiger partial charge in [0, 0.05) is 17.3 Å². The summed E-state index contributed by atoms with van der Waals surface area (Å²) >= 11 is 0. The van der Waals surface area contributed by atoms with Crippen LogP contribution in [0.25, 0.3) is 16.8 Å². The highest BCUT2D eigenvalue weighted by Crippen LogP contribution is 2.28. The molecule has 2 heterocycles. The smallest absolute Gasteiger partial charge is 0.304 e. The van der Waals surface area contributed by atoms with Gasteiger partial charge < -0.3 is 9.84 Å². The molecule has 0 fully saturated rings. The normalized spacial score (nSPS) is 12.5. The van der Waals surface area contributed by atoms with Crippen molar-refractivity contribution in [1.29, 1.82) is 0 Å². The average Bonchev–Trinajstić information content (AvgIpc) is 3.31. The number of rotatable bonds is 8. The molecule has 2 atom stereocenters. The zero-order chi connectivity index (χ0) is 24.9. The monoisotopic (exact) mass is 488 g/mol. The molecular formula is C26H24N4O4S. The van der Waals surface area contributed by atoms with Gasteiger partial charge in [0.15, 0.2) is 5.65 Å². The van der Waals surface area contributed by atoms with E-state index in [2.05, 4.69) is 21.9 Å². The molecule has 2 aromatic heterocycles. The third kappa shape index (κ3) is 5.57. The Morgan fingerprint density at radius 2 is 2.00 bits per heavy atom. The van der Waals surface area contributed by atoms with Gasteiger partial charge in [-0.1, -0.05) is 24.1 Å². The first-order chi connectivity index (χ1) is 16.9. The summed E-state index contributed by atoms with van der Waals surface area (Å²) in [6.07, 6.45) is 3.32. The Kier molecular flexibility index (Phi) is 7.25. The highest BCUT2D eigenvalue weighted by atomic mass is 32.2. The first kappa shape index (κ1) is 24.1. The lowest BCUT2D eigenvalue weighted by Gasteiger charge is -2.13. The second-order valence-electron chi connectivity index (χ2n) is 7.96. The van der Waals surface area contributed by atoms with Crippen LogP contribution in [0.15, 0.2) is 66.0 Å². The molecule has 9 heteroatoms. The van der Waals surface area contributed by atoms with Crippen molar-refractivity contribution in [2.45, 2.75) is 37.7 Å². The molecule has 1 unspecified atom stereocenters. The Bertz CT molecular complexity index is 1470. The zero-order valence-electron chi connectivity index (χ0n) is 19.3. The molecule has 4 aromatic rings. The Morgan fingerprint density at radius 3 is 2.66 bits per heavy atom. The highest BCUT2D eigenvalue weighted by molar-refractivity contribution is 7.82. The van der Waals surface area contributed by atoms with Crippen molar-refractivity contribution in [3.63, 3.8) is 0 Å². The summed E-state index contributed by atoms with van der Waals surface area (Å²) in [6.45, 7) is 3.89. The molecule has 0 aliphatic carbocycles. The third-order valence-corrected chi connectivity index (χ3v) is 6.29. The largest absolute Gasteiger partial charge is 0.489 e. The van der Waals surface area contributed by atoms with Crippen molar-refractivity contribution < 1.29 is 18.8 Å². The van der Waals surface area contributed by atoms with E-state index in [1.165, 1.54) is 6.33 Å². The topological polar surface area (TPSA) is 120 Å². The average molecular weight is 489 g/mol. The van der Waals surface area contributed by atoms with Gasteiger partial charge in [0.2, 0.25) is 0 Å². The fourth-order valence-electron chi connectivity index (χ4n) is 3.89. The molecule has 0 aliphatic rings. The summed E-state index contributed by atoms with van der Waals surface area (Å²) in [6, 6.07) is 14.7. The molecule has 2 aromatic carbocycles. The maximum Gasteiger partial charge on any atom is 0.304 e. The molecule has 0 bridgehead atoms. The number of hydrogen-bond donors (Lipinski definition) is 2. The van der Waals surface area contributed by atoms with Crippen LogP contribution in [-0.2, 0) is 22.4 Å². The van der Waals surface area contributed by atoms with Gasteiger partial charge in [0.1, 0.15) is 29.7 Å². The molecule has 3 N–H and O–H groups in total. The number of aromatic nitrogens is 3. The maximum absolute atomic E-state index is 11.6. The molecule has 0 radical (unpaired) electrons. The van der Waals surface area contributed by atoms with E-state index in [0.717, 1.165) is 27.8 Å². The number of fused-ring (bicyclic) bond motifs is 1. The van der Waals surface area contributed by atoms with E-state index >= 15 is 0 Å². The summed E-state index contributed by atoms with van der Waals surface area (Å²) in [5.41, 5.74) is 5.17. The van der Waals surface area contributed by atoms with Crippen LogP contribution in [0.2, 0.25) is 0 Å². The minimum atomic E-state index is -1.54. The summed E-state index contributed by atoms with van der Waals surface area (Å²) in [5, 5.41) is 18.9. The van der Waals surface area contributed by atoms with Crippen LogP contribution in [0, 0.1) is 18.8 Å². The number of nitrogens with two attached hydrogens (primary N) is 1. The van der Waals surface area contributed by atoms with Gasteiger partial charge >= 0.3 is 5.97 Å². The first-order valence-corrected chi connectivity index (χ1v) is 12.0. The Hall–Kier alpha value is -4.00. The summed E-state index contributed by atoms with van der Waals surface area (Å²) < 4.78 is 19.3. The fraction of sp³-hybridized carbons (Fsp3) is 0.192. The van der Waals surface area contributed by atoms with Crippen molar-refractivity contribution in [3.8, 4) is 28.7 Å². The quantitative estimate of drug-likeness (QED) is 0.364. The van der Waals surface area contributed by atoms with E-state index in [9.17, 15) is 9.00 Å². The number of aryl methyl sites for hydroxylation is 1. The van der Waals surface area contributed by atoms with Crippen molar-refractivity contribution in [2.75, 3.05) is 0 Å². The number of ether oxygens (including phenoxy) is 1. The van der Waals surface area contributed by atoms with Gasteiger partial charge in [0.25, 0.3) is 0 Å². The molecule has 35 heavy (non-hydrogen) atoms. The van der Waals surface area contributed by atoms with Crippen LogP contribution in [0.5, 0.6) is 5.75 Å². The lowest BCUT2D eigenvalue weighted by Crippen LogP contribution is -2.05. The number of carboxylic acids is 1. The van der Waals surface area contributed by atoms with E-state index < -0.39 is 17.0 Å². The van der Waals surface area contributed by atoms with Gasteiger partial charge in [-0.05, 0) is 60.9 Å². The van der Waals surface area contributed by atoms with Crippen molar-refractivity contribution >= 4 is 22.6 Å². The Balaban J connectivity index is 1.58. The molecule has 0 saturated heterocycles. The second kappa shape index (κ2) is 10.5. The van der Waals surface area contributed by atoms with Gasteiger partial charge in [-0.3, -0.25) is 4.79 Å². The molecule has 0 saturated carbocycles. The molecule has 0 spiro atoms. The van der Waals surface area contributed by atoms with Gasteiger partial charge in [-0.15, -0.1) is 5.92 Å². The Labute approximate surface area is 205 Å². The summed E-state index contributed by atoms with van der Waals surface area (Å²) in [5.74, 6) is 5.12. The predicted molar refractivity (Wildman–Crippen MR) is 133 cm³/mol. The predicted octanol–water partition coefficient (Wildman–Crippen LogP) is 3.85. The van der Waals surface area contributed by atoms with E-state index in [4.69, 9.17) is 15.0 Å². The molecule has 4 rings (SSSR count). The molecule has 178 valence electrons. The van der Waals surface area contributed by atoms with Crippen molar-refractivity contribution in [3.05, 3.63) is 77.7 Å². The zero-order valence-corrected chi connectivity index (χ0v) is 20.1. The van der Waals surface area contributed by atoms with Gasteiger partial charge in [-0.2, -0.15) is 5.10 Å². The third-order valence-electron chi connectivity index (χ3n) is 5.57. The van der Waals surface area contributed by atoms with Crippen molar-refractivity contribution in [2.24, 2.45) is 5.14 Å². The summed E-state index contributed by atoms with van der Waals surface area (Å²) in [4.78, 5) is 16.1. The Morgan fingerprint density at radius 1 is 1.23 bits per heavy atom. The van der Waals surface area contributed by atoms with Crippen LogP contribution in [0.3, 0.4) is 0 Å². The number of hydrogen-bond acceptors (Lipinski definition) is 5. The standard InChI is InChI=1S/C26H24N4O4S/c1-3-4-19(13-25(31)32)18-5-7-22(8-6-18)34-15-21-12-20(14-30-26(21)28-16-29-30)24-10-9-23(35(27)33)11-17(24)2/h5-12,14,16,19H,13,15,27H2,1-2H3,(H,31,32)/t19-,35?/m0/s1. The van der Waals surface area contributed by atoms with Crippen LogP contribution in [-0.4, -0.2) is 29.9 Å². The number of nitrogens with zero attached hydrogens (tertiary/aromatic N) is 3. The highest BCUT2D eigenvalue weighted by Gasteiger charge is 2.14. The molecule has 0 aliphatic heterocycles. The van der Waals surface area contributed by atoms with Gasteiger partial charge in [-0.25, -0.2) is 18.8 Å². The molecular weight excluding hydrogens is 464 g/mol. The first-order valence-electron chi connectivity index (χ1n) is 10.8. The van der Waals surface area contributed by atoms with Crippen LogP contribution in [0.1, 0.15) is 36.0 Å². The molecule has 8 nitrogen and oxygen atoms in total. The minimum absolute atomic E-state index is 0.0553.